The smallest absolute Gasteiger partial charge is 0.173 e. The van der Waals surface area contributed by atoms with Gasteiger partial charge in [0.15, 0.2) is 5.82 Å². The van der Waals surface area contributed by atoms with Crippen LogP contribution in [-0.4, -0.2) is 65.4 Å². The molecule has 3 aromatic rings. The summed E-state index contributed by atoms with van der Waals surface area (Å²) in [5.41, 5.74) is 2.77. The van der Waals surface area contributed by atoms with Gasteiger partial charge < -0.3 is 9.80 Å². The lowest BCUT2D eigenvalue weighted by Crippen LogP contribution is -2.49. The summed E-state index contributed by atoms with van der Waals surface area (Å²) in [6, 6.07) is 15.5. The van der Waals surface area contributed by atoms with E-state index >= 15 is 0 Å². The highest BCUT2D eigenvalue weighted by Crippen LogP contribution is 2.33. The quantitative estimate of drug-likeness (QED) is 0.543. The van der Waals surface area contributed by atoms with Crippen LogP contribution in [0.3, 0.4) is 0 Å². The van der Waals surface area contributed by atoms with Crippen LogP contribution >= 0.6 is 0 Å². The molecule has 7 nitrogen and oxygen atoms in total. The molecule has 1 saturated heterocycles. The van der Waals surface area contributed by atoms with E-state index in [2.05, 4.69) is 75.3 Å². The van der Waals surface area contributed by atoms with Crippen LogP contribution in [0.2, 0.25) is 0 Å². The van der Waals surface area contributed by atoms with Gasteiger partial charge in [-0.2, -0.15) is 0 Å². The Morgan fingerprint density at radius 2 is 1.67 bits per heavy atom. The summed E-state index contributed by atoms with van der Waals surface area (Å²) in [7, 11) is 4.08. The molecule has 0 bridgehead atoms. The number of piperazine rings is 1. The Bertz CT molecular complexity index is 1050. The van der Waals surface area contributed by atoms with Crippen LogP contribution in [0.1, 0.15) is 44.6 Å². The average Bonchev–Trinajstić information content (AvgIpc) is 3.31. The van der Waals surface area contributed by atoms with E-state index in [1.54, 1.807) is 6.07 Å². The Hall–Kier alpha value is -3.00. The number of para-hydroxylation sites is 1. The van der Waals surface area contributed by atoms with Gasteiger partial charge in [-0.05, 0) is 60.5 Å². The standard InChI is InChI=1S/C25H34FN7/c1-6-25(2,3)33-24(27-28-29-33)23(19-11-13-20(14-12-19)30(4)5)32-17-15-31(16-18-32)22-10-8-7-9-21(22)26/h7-14,23H,6,15-18H2,1-5H3. The van der Waals surface area contributed by atoms with Gasteiger partial charge in [0.1, 0.15) is 5.82 Å². The molecule has 8 heteroatoms. The lowest BCUT2D eigenvalue weighted by molar-refractivity contribution is 0.187. The van der Waals surface area contributed by atoms with E-state index in [0.29, 0.717) is 5.69 Å². The number of halogens is 1. The van der Waals surface area contributed by atoms with Gasteiger partial charge in [-0.15, -0.1) is 5.10 Å². The van der Waals surface area contributed by atoms with Crippen molar-refractivity contribution in [3.63, 3.8) is 0 Å². The SMILES string of the molecule is CCC(C)(C)n1nnnc1C(c1ccc(N(C)C)cc1)N1CCN(c2ccccc2F)CC1. The largest absolute Gasteiger partial charge is 0.378 e. The maximum Gasteiger partial charge on any atom is 0.173 e. The van der Waals surface area contributed by atoms with E-state index in [1.807, 2.05) is 30.9 Å². The number of anilines is 2. The fourth-order valence-electron chi connectivity index (χ4n) is 4.35. The van der Waals surface area contributed by atoms with Crippen LogP contribution < -0.4 is 9.80 Å². The van der Waals surface area contributed by atoms with Gasteiger partial charge in [-0.3, -0.25) is 4.90 Å². The fraction of sp³-hybridized carbons (Fsp3) is 0.480. The molecule has 1 atom stereocenters. The minimum absolute atomic E-state index is 0.0789. The Morgan fingerprint density at radius 1 is 1.00 bits per heavy atom. The van der Waals surface area contributed by atoms with Crippen molar-refractivity contribution in [3.05, 3.63) is 65.7 Å². The zero-order chi connectivity index (χ0) is 23.6. The molecule has 0 saturated carbocycles. The van der Waals surface area contributed by atoms with Crippen LogP contribution in [0.4, 0.5) is 15.8 Å². The maximum absolute atomic E-state index is 14.4. The minimum atomic E-state index is -0.199. The van der Waals surface area contributed by atoms with Crippen LogP contribution in [0.15, 0.2) is 48.5 Å². The number of nitrogens with zero attached hydrogens (tertiary/aromatic N) is 7. The number of hydrogen-bond donors (Lipinski definition) is 0. The number of rotatable bonds is 7. The molecule has 0 N–H and O–H groups in total. The predicted molar refractivity (Wildman–Crippen MR) is 130 cm³/mol. The Kier molecular flexibility index (Phi) is 6.65. The second kappa shape index (κ2) is 9.47. The highest BCUT2D eigenvalue weighted by atomic mass is 19.1. The molecular formula is C25H34FN7. The van der Waals surface area contributed by atoms with E-state index in [4.69, 9.17) is 0 Å². The summed E-state index contributed by atoms with van der Waals surface area (Å²) in [5.74, 6) is 0.675. The molecule has 1 unspecified atom stereocenters. The lowest BCUT2D eigenvalue weighted by Gasteiger charge is -2.40. The summed E-state index contributed by atoms with van der Waals surface area (Å²) in [6.45, 7) is 9.53. The molecule has 1 aromatic heterocycles. The molecule has 33 heavy (non-hydrogen) atoms. The van der Waals surface area contributed by atoms with Crippen molar-refractivity contribution in [2.24, 2.45) is 0 Å². The third-order valence-electron chi connectivity index (χ3n) is 6.77. The van der Waals surface area contributed by atoms with E-state index in [-0.39, 0.29) is 17.4 Å². The van der Waals surface area contributed by atoms with Crippen molar-refractivity contribution in [2.75, 3.05) is 50.1 Å². The van der Waals surface area contributed by atoms with Crippen molar-refractivity contribution >= 4 is 11.4 Å². The Labute approximate surface area is 195 Å². The van der Waals surface area contributed by atoms with E-state index in [9.17, 15) is 4.39 Å². The van der Waals surface area contributed by atoms with Crippen molar-refractivity contribution in [3.8, 4) is 0 Å². The van der Waals surface area contributed by atoms with Crippen molar-refractivity contribution in [1.82, 2.24) is 25.1 Å². The number of hydrogen-bond acceptors (Lipinski definition) is 6. The average molecular weight is 452 g/mol. The molecule has 1 fully saturated rings. The first-order chi connectivity index (χ1) is 15.8. The van der Waals surface area contributed by atoms with Crippen LogP contribution in [-0.2, 0) is 5.54 Å². The minimum Gasteiger partial charge on any atom is -0.378 e. The Balaban J connectivity index is 1.66. The monoisotopic (exact) mass is 451 g/mol. The van der Waals surface area contributed by atoms with Crippen molar-refractivity contribution < 1.29 is 4.39 Å². The van der Waals surface area contributed by atoms with Gasteiger partial charge in [-0.1, -0.05) is 31.2 Å². The molecule has 2 heterocycles. The van der Waals surface area contributed by atoms with Crippen LogP contribution in [0.5, 0.6) is 0 Å². The number of aromatic nitrogens is 4. The Morgan fingerprint density at radius 3 is 2.27 bits per heavy atom. The second-order valence-corrected chi connectivity index (χ2v) is 9.48. The first-order valence-electron chi connectivity index (χ1n) is 11.6. The van der Waals surface area contributed by atoms with Gasteiger partial charge in [0.2, 0.25) is 0 Å². The van der Waals surface area contributed by atoms with Gasteiger partial charge in [0, 0.05) is 46.0 Å². The zero-order valence-corrected chi connectivity index (χ0v) is 20.2. The maximum atomic E-state index is 14.4. The molecule has 176 valence electrons. The molecule has 0 spiro atoms. The van der Waals surface area contributed by atoms with Gasteiger partial charge in [0.25, 0.3) is 0 Å². The fourth-order valence-corrected chi connectivity index (χ4v) is 4.35. The molecule has 0 radical (unpaired) electrons. The summed E-state index contributed by atoms with van der Waals surface area (Å²) >= 11 is 0. The summed E-state index contributed by atoms with van der Waals surface area (Å²) in [6.07, 6.45) is 0.915. The van der Waals surface area contributed by atoms with Gasteiger partial charge in [-0.25, -0.2) is 9.07 Å². The number of tetrazole rings is 1. The van der Waals surface area contributed by atoms with Crippen molar-refractivity contribution in [1.29, 1.82) is 0 Å². The first kappa shape index (κ1) is 23.2. The van der Waals surface area contributed by atoms with Crippen LogP contribution in [0, 0.1) is 5.82 Å². The summed E-state index contributed by atoms with van der Waals surface area (Å²) in [5, 5.41) is 13.0. The lowest BCUT2D eigenvalue weighted by atomic mass is 9.98. The zero-order valence-electron chi connectivity index (χ0n) is 20.2. The van der Waals surface area contributed by atoms with Gasteiger partial charge >= 0.3 is 0 Å². The van der Waals surface area contributed by atoms with E-state index in [0.717, 1.165) is 49.7 Å². The topological polar surface area (TPSA) is 53.3 Å². The van der Waals surface area contributed by atoms with Crippen molar-refractivity contribution in [2.45, 2.75) is 38.8 Å². The third-order valence-corrected chi connectivity index (χ3v) is 6.77. The molecule has 0 amide bonds. The summed E-state index contributed by atoms with van der Waals surface area (Å²) in [4.78, 5) is 6.63. The predicted octanol–water partition coefficient (Wildman–Crippen LogP) is 3.93. The van der Waals surface area contributed by atoms with Gasteiger partial charge in [0.05, 0.1) is 17.3 Å². The molecule has 1 aliphatic rings. The molecule has 4 rings (SSSR count). The number of benzene rings is 2. The highest BCUT2D eigenvalue weighted by Gasteiger charge is 2.34. The normalized spacial score (nSPS) is 16.1. The van der Waals surface area contributed by atoms with E-state index in [1.165, 1.54) is 6.07 Å². The molecule has 1 aliphatic heterocycles. The molecular weight excluding hydrogens is 417 g/mol. The molecule has 0 aliphatic carbocycles. The first-order valence-corrected chi connectivity index (χ1v) is 11.6. The third kappa shape index (κ3) is 4.71. The van der Waals surface area contributed by atoms with E-state index < -0.39 is 0 Å². The highest BCUT2D eigenvalue weighted by molar-refractivity contribution is 5.49. The summed E-state index contributed by atoms with van der Waals surface area (Å²) < 4.78 is 16.3. The van der Waals surface area contributed by atoms with Crippen LogP contribution in [0.25, 0.3) is 0 Å². The second-order valence-electron chi connectivity index (χ2n) is 9.48. The molecule has 2 aromatic carbocycles.